The van der Waals surface area contributed by atoms with Gasteiger partial charge in [0.05, 0.1) is 17.5 Å². The number of ketones is 1. The number of rotatable bonds is 4. The van der Waals surface area contributed by atoms with Gasteiger partial charge in [-0.2, -0.15) is 0 Å². The second-order valence-electron chi connectivity index (χ2n) is 4.47. The van der Waals surface area contributed by atoms with Crippen LogP contribution in [-0.2, 0) is 18.3 Å². The van der Waals surface area contributed by atoms with Crippen molar-refractivity contribution in [1.82, 2.24) is 9.55 Å². The third kappa shape index (κ3) is 2.53. The molecule has 1 heterocycles. The van der Waals surface area contributed by atoms with Gasteiger partial charge in [-0.05, 0) is 19.1 Å². The van der Waals surface area contributed by atoms with Crippen LogP contribution in [0.3, 0.4) is 0 Å². The Balaban J connectivity index is 2.24. The molecular weight excluding hydrogens is 214 g/mol. The molecule has 1 aromatic heterocycles. The van der Waals surface area contributed by atoms with Crippen molar-refractivity contribution in [3.63, 3.8) is 0 Å². The summed E-state index contributed by atoms with van der Waals surface area (Å²) in [6, 6.07) is 7.79. The van der Waals surface area contributed by atoms with E-state index in [0.717, 1.165) is 16.9 Å². The maximum absolute atomic E-state index is 11.7. The highest BCUT2D eigenvalue weighted by Gasteiger charge is 2.12. The molecule has 90 valence electrons. The van der Waals surface area contributed by atoms with Gasteiger partial charge in [0.15, 0.2) is 0 Å². The molecule has 17 heavy (non-hydrogen) atoms. The molecular formula is C13H17N3O. The fraction of sp³-hybridized carbons (Fsp3) is 0.385. The van der Waals surface area contributed by atoms with Crippen molar-refractivity contribution in [3.8, 4) is 0 Å². The van der Waals surface area contributed by atoms with Crippen molar-refractivity contribution >= 4 is 16.8 Å². The number of imidazole rings is 1. The van der Waals surface area contributed by atoms with Gasteiger partial charge >= 0.3 is 0 Å². The van der Waals surface area contributed by atoms with Crippen LogP contribution in [0.25, 0.3) is 11.0 Å². The van der Waals surface area contributed by atoms with Crippen LogP contribution in [0.5, 0.6) is 0 Å². The average Bonchev–Trinajstić information content (AvgIpc) is 2.55. The highest BCUT2D eigenvalue weighted by Crippen LogP contribution is 2.15. The molecule has 0 aliphatic heterocycles. The van der Waals surface area contributed by atoms with Crippen LogP contribution in [0.1, 0.15) is 19.2 Å². The van der Waals surface area contributed by atoms with Gasteiger partial charge in [0, 0.05) is 19.5 Å². The zero-order valence-electron chi connectivity index (χ0n) is 10.2. The number of carbonyl (C=O) groups excluding carboxylic acids is 1. The Bertz CT molecular complexity index is 543. The Hall–Kier alpha value is -1.68. The lowest BCUT2D eigenvalue weighted by molar-refractivity contribution is -0.118. The van der Waals surface area contributed by atoms with E-state index >= 15 is 0 Å². The Morgan fingerprint density at radius 3 is 2.82 bits per heavy atom. The van der Waals surface area contributed by atoms with E-state index in [2.05, 4.69) is 4.98 Å². The number of aromatic nitrogens is 2. The summed E-state index contributed by atoms with van der Waals surface area (Å²) in [5.41, 5.74) is 7.59. The molecule has 0 aliphatic carbocycles. The van der Waals surface area contributed by atoms with Gasteiger partial charge in [0.25, 0.3) is 0 Å². The highest BCUT2D eigenvalue weighted by molar-refractivity contribution is 5.82. The Morgan fingerprint density at radius 1 is 1.47 bits per heavy atom. The maximum atomic E-state index is 11.7. The van der Waals surface area contributed by atoms with Crippen LogP contribution in [-0.4, -0.2) is 21.4 Å². The predicted molar refractivity (Wildman–Crippen MR) is 67.7 cm³/mol. The molecule has 4 nitrogen and oxygen atoms in total. The minimum Gasteiger partial charge on any atom is -0.331 e. The van der Waals surface area contributed by atoms with Gasteiger partial charge in [0.2, 0.25) is 0 Å². The monoisotopic (exact) mass is 231 g/mol. The van der Waals surface area contributed by atoms with Gasteiger partial charge in [-0.1, -0.05) is 12.1 Å². The lowest BCUT2D eigenvalue weighted by Gasteiger charge is -2.04. The quantitative estimate of drug-likeness (QED) is 0.865. The Kier molecular flexibility index (Phi) is 3.24. The minimum atomic E-state index is -0.0859. The summed E-state index contributed by atoms with van der Waals surface area (Å²) in [7, 11) is 1.93. The molecule has 0 radical (unpaired) electrons. The fourth-order valence-electron chi connectivity index (χ4n) is 1.96. The zero-order valence-corrected chi connectivity index (χ0v) is 10.2. The first-order valence-corrected chi connectivity index (χ1v) is 5.75. The highest BCUT2D eigenvalue weighted by atomic mass is 16.1. The number of hydrogen-bond acceptors (Lipinski definition) is 3. The predicted octanol–water partition coefficient (Wildman–Crippen LogP) is 1.42. The Labute approximate surface area is 100 Å². The summed E-state index contributed by atoms with van der Waals surface area (Å²) in [6.45, 7) is 1.84. The number of nitrogens with zero attached hydrogens (tertiary/aromatic N) is 2. The van der Waals surface area contributed by atoms with Crippen LogP contribution < -0.4 is 5.73 Å². The van der Waals surface area contributed by atoms with Gasteiger partial charge in [-0.3, -0.25) is 4.79 Å². The smallest absolute Gasteiger partial charge is 0.141 e. The van der Waals surface area contributed by atoms with Crippen LogP contribution in [0.15, 0.2) is 24.3 Å². The summed E-state index contributed by atoms with van der Waals surface area (Å²) in [5.74, 6) is 0.940. The summed E-state index contributed by atoms with van der Waals surface area (Å²) < 4.78 is 1.97. The Morgan fingerprint density at radius 2 is 2.18 bits per heavy atom. The van der Waals surface area contributed by atoms with E-state index in [4.69, 9.17) is 5.73 Å². The first-order valence-electron chi connectivity index (χ1n) is 5.75. The number of hydrogen-bond donors (Lipinski definition) is 1. The molecule has 2 rings (SSSR count). The van der Waals surface area contributed by atoms with Crippen molar-refractivity contribution in [2.24, 2.45) is 12.8 Å². The summed E-state index contributed by atoms with van der Waals surface area (Å²) in [5, 5.41) is 0. The number of Topliss-reactive ketones (excluding diaryl/α,β-unsaturated/α-hetero) is 1. The van der Waals surface area contributed by atoms with Crippen LogP contribution in [0.2, 0.25) is 0 Å². The SMILES string of the molecule is CC(N)CC(=O)Cc1nc2ccccc2n1C. The topological polar surface area (TPSA) is 60.9 Å². The third-order valence-corrected chi connectivity index (χ3v) is 2.78. The van der Waals surface area contributed by atoms with E-state index in [9.17, 15) is 4.79 Å². The molecule has 1 unspecified atom stereocenters. The third-order valence-electron chi connectivity index (χ3n) is 2.78. The van der Waals surface area contributed by atoms with Crippen LogP contribution in [0.4, 0.5) is 0 Å². The summed E-state index contributed by atoms with van der Waals surface area (Å²) >= 11 is 0. The van der Waals surface area contributed by atoms with Crippen molar-refractivity contribution in [2.45, 2.75) is 25.8 Å². The molecule has 0 amide bonds. The van der Waals surface area contributed by atoms with E-state index < -0.39 is 0 Å². The molecule has 0 saturated carbocycles. The van der Waals surface area contributed by atoms with Crippen LogP contribution >= 0.6 is 0 Å². The molecule has 4 heteroatoms. The number of aryl methyl sites for hydroxylation is 1. The molecule has 1 atom stereocenters. The first-order chi connectivity index (χ1) is 8.08. The molecule has 0 spiro atoms. The van der Waals surface area contributed by atoms with Gasteiger partial charge in [-0.25, -0.2) is 4.98 Å². The summed E-state index contributed by atoms with van der Waals surface area (Å²) in [4.78, 5) is 16.2. The summed E-state index contributed by atoms with van der Waals surface area (Å²) in [6.07, 6.45) is 0.760. The standard InChI is InChI=1S/C13H17N3O/c1-9(14)7-10(17)8-13-15-11-5-3-4-6-12(11)16(13)2/h3-6,9H,7-8,14H2,1-2H3. The van der Waals surface area contributed by atoms with E-state index in [1.165, 1.54) is 0 Å². The lowest BCUT2D eigenvalue weighted by Crippen LogP contribution is -2.21. The number of fused-ring (bicyclic) bond motifs is 1. The van der Waals surface area contributed by atoms with E-state index in [-0.39, 0.29) is 11.8 Å². The molecule has 2 N–H and O–H groups in total. The average molecular weight is 231 g/mol. The molecule has 0 saturated heterocycles. The van der Waals surface area contributed by atoms with Crippen molar-refractivity contribution in [1.29, 1.82) is 0 Å². The molecule has 0 fully saturated rings. The van der Waals surface area contributed by atoms with Crippen molar-refractivity contribution in [2.75, 3.05) is 0 Å². The zero-order chi connectivity index (χ0) is 12.4. The maximum Gasteiger partial charge on any atom is 0.141 e. The largest absolute Gasteiger partial charge is 0.331 e. The van der Waals surface area contributed by atoms with E-state index in [1.54, 1.807) is 0 Å². The van der Waals surface area contributed by atoms with E-state index in [1.807, 2.05) is 42.8 Å². The second kappa shape index (κ2) is 4.67. The van der Waals surface area contributed by atoms with Gasteiger partial charge in [-0.15, -0.1) is 0 Å². The first kappa shape index (κ1) is 11.8. The van der Waals surface area contributed by atoms with E-state index in [0.29, 0.717) is 12.8 Å². The van der Waals surface area contributed by atoms with Crippen molar-refractivity contribution < 1.29 is 4.79 Å². The second-order valence-corrected chi connectivity index (χ2v) is 4.47. The number of nitrogens with two attached hydrogens (primary N) is 1. The normalized spacial score (nSPS) is 12.9. The minimum absolute atomic E-state index is 0.0859. The number of benzene rings is 1. The number of carbonyl (C=O) groups is 1. The lowest BCUT2D eigenvalue weighted by atomic mass is 10.1. The van der Waals surface area contributed by atoms with Gasteiger partial charge < -0.3 is 10.3 Å². The molecule has 0 bridgehead atoms. The fourth-order valence-corrected chi connectivity index (χ4v) is 1.96. The molecule has 0 aliphatic rings. The molecule has 2 aromatic rings. The number of para-hydroxylation sites is 2. The molecule has 1 aromatic carbocycles. The van der Waals surface area contributed by atoms with Gasteiger partial charge in [0.1, 0.15) is 11.6 Å². The van der Waals surface area contributed by atoms with Crippen molar-refractivity contribution in [3.05, 3.63) is 30.1 Å². The van der Waals surface area contributed by atoms with Crippen LogP contribution in [0, 0.1) is 0 Å².